The number of rotatable bonds is 5. The van der Waals surface area contributed by atoms with Gasteiger partial charge in [-0.3, -0.25) is 9.59 Å². The molecule has 1 amide bonds. The number of carboxylic acids is 1. The molecule has 0 aromatic heterocycles. The molecule has 3 rings (SSSR count). The fourth-order valence-electron chi connectivity index (χ4n) is 3.74. The maximum Gasteiger partial charge on any atom is 0.323 e. The summed E-state index contributed by atoms with van der Waals surface area (Å²) >= 11 is 0. The van der Waals surface area contributed by atoms with E-state index >= 15 is 0 Å². The number of fused-ring (bicyclic) bond motifs is 1. The third-order valence-corrected chi connectivity index (χ3v) is 4.97. The molecule has 5 nitrogen and oxygen atoms in total. The number of aliphatic carboxylic acids is 1. The second kappa shape index (κ2) is 5.72. The summed E-state index contributed by atoms with van der Waals surface area (Å²) in [6.45, 7) is 0.474. The van der Waals surface area contributed by atoms with Gasteiger partial charge in [0.15, 0.2) is 0 Å². The van der Waals surface area contributed by atoms with Crippen LogP contribution in [0.2, 0.25) is 0 Å². The number of carbonyl (C=O) groups is 2. The normalized spacial score (nSPS) is 32.7. The van der Waals surface area contributed by atoms with Crippen LogP contribution in [0.4, 0.5) is 0 Å². The van der Waals surface area contributed by atoms with Crippen LogP contribution in [-0.4, -0.2) is 47.1 Å². The van der Waals surface area contributed by atoms with E-state index < -0.39 is 5.97 Å². The van der Waals surface area contributed by atoms with Gasteiger partial charge in [-0.05, 0) is 43.9 Å². The molecule has 1 heterocycles. The van der Waals surface area contributed by atoms with Crippen LogP contribution < -0.4 is 5.32 Å². The summed E-state index contributed by atoms with van der Waals surface area (Å²) in [6.07, 6.45) is 8.05. The molecule has 5 heteroatoms. The molecule has 2 saturated carbocycles. The molecule has 3 unspecified atom stereocenters. The molecule has 0 radical (unpaired) electrons. The standard InChI is InChI=1S/C15H24N2O3/c18-14(19)9-17(8-10-5-6-10)15(20)13-7-11-3-1-2-4-12(11)16-13/h10-13,16H,1-9H2,(H,18,19). The van der Waals surface area contributed by atoms with Gasteiger partial charge in [-0.2, -0.15) is 0 Å². The Kier molecular flexibility index (Phi) is 3.96. The first-order chi connectivity index (χ1) is 9.63. The molecular formula is C15H24N2O3. The molecule has 2 aliphatic carbocycles. The van der Waals surface area contributed by atoms with Crippen molar-refractivity contribution in [2.45, 2.75) is 57.0 Å². The lowest BCUT2D eigenvalue weighted by molar-refractivity contribution is -0.145. The Morgan fingerprint density at radius 1 is 1.15 bits per heavy atom. The van der Waals surface area contributed by atoms with Crippen molar-refractivity contribution in [3.63, 3.8) is 0 Å². The highest BCUT2D eigenvalue weighted by Crippen LogP contribution is 2.34. The number of nitrogens with zero attached hydrogens (tertiary/aromatic N) is 1. The lowest BCUT2D eigenvalue weighted by atomic mass is 9.85. The van der Waals surface area contributed by atoms with Crippen molar-refractivity contribution in [2.24, 2.45) is 11.8 Å². The second-order valence-corrected chi connectivity index (χ2v) is 6.66. The van der Waals surface area contributed by atoms with Crippen molar-refractivity contribution < 1.29 is 14.7 Å². The van der Waals surface area contributed by atoms with Gasteiger partial charge in [0.2, 0.25) is 5.91 Å². The molecule has 0 spiro atoms. The van der Waals surface area contributed by atoms with Gasteiger partial charge >= 0.3 is 5.97 Å². The molecule has 20 heavy (non-hydrogen) atoms. The largest absolute Gasteiger partial charge is 0.480 e. The summed E-state index contributed by atoms with van der Waals surface area (Å²) < 4.78 is 0. The molecular weight excluding hydrogens is 256 g/mol. The fraction of sp³-hybridized carbons (Fsp3) is 0.867. The van der Waals surface area contributed by atoms with Crippen molar-refractivity contribution in [1.82, 2.24) is 10.2 Å². The van der Waals surface area contributed by atoms with E-state index in [-0.39, 0.29) is 18.5 Å². The topological polar surface area (TPSA) is 69.6 Å². The SMILES string of the molecule is O=C(O)CN(CC1CC1)C(=O)C1CC2CCCCC2N1. The van der Waals surface area contributed by atoms with Gasteiger partial charge in [0.1, 0.15) is 6.54 Å². The van der Waals surface area contributed by atoms with Gasteiger partial charge in [0, 0.05) is 12.6 Å². The maximum absolute atomic E-state index is 12.6. The van der Waals surface area contributed by atoms with E-state index in [0.29, 0.717) is 24.4 Å². The number of carbonyl (C=O) groups excluding carboxylic acids is 1. The van der Waals surface area contributed by atoms with E-state index in [9.17, 15) is 9.59 Å². The van der Waals surface area contributed by atoms with E-state index in [4.69, 9.17) is 5.11 Å². The Morgan fingerprint density at radius 2 is 1.90 bits per heavy atom. The van der Waals surface area contributed by atoms with Crippen molar-refractivity contribution in [1.29, 1.82) is 0 Å². The molecule has 0 aromatic carbocycles. The Balaban J connectivity index is 1.61. The summed E-state index contributed by atoms with van der Waals surface area (Å²) in [5.74, 6) is 0.246. The Hall–Kier alpha value is -1.10. The minimum Gasteiger partial charge on any atom is -0.480 e. The van der Waals surface area contributed by atoms with E-state index in [2.05, 4.69) is 5.32 Å². The van der Waals surface area contributed by atoms with Crippen LogP contribution in [-0.2, 0) is 9.59 Å². The number of nitrogens with one attached hydrogen (secondary N) is 1. The average Bonchev–Trinajstić information content (AvgIpc) is 3.12. The molecule has 0 aromatic rings. The summed E-state index contributed by atoms with van der Waals surface area (Å²) in [7, 11) is 0. The average molecular weight is 280 g/mol. The van der Waals surface area contributed by atoms with Crippen LogP contribution >= 0.6 is 0 Å². The quantitative estimate of drug-likeness (QED) is 0.794. The van der Waals surface area contributed by atoms with Crippen LogP contribution in [0.5, 0.6) is 0 Å². The minimum absolute atomic E-state index is 0.00806. The Bertz CT molecular complexity index is 381. The monoisotopic (exact) mass is 280 g/mol. The number of carboxylic acid groups (broad SMARTS) is 1. The van der Waals surface area contributed by atoms with Gasteiger partial charge in [0.05, 0.1) is 6.04 Å². The second-order valence-electron chi connectivity index (χ2n) is 6.66. The van der Waals surface area contributed by atoms with Gasteiger partial charge in [-0.15, -0.1) is 0 Å². The molecule has 0 bridgehead atoms. The highest BCUT2D eigenvalue weighted by Gasteiger charge is 2.40. The zero-order chi connectivity index (χ0) is 14.1. The molecule has 1 aliphatic heterocycles. The van der Waals surface area contributed by atoms with E-state index in [0.717, 1.165) is 25.7 Å². The van der Waals surface area contributed by atoms with Crippen LogP contribution in [0.3, 0.4) is 0 Å². The summed E-state index contributed by atoms with van der Waals surface area (Å²) in [6, 6.07) is 0.325. The van der Waals surface area contributed by atoms with Crippen LogP contribution in [0, 0.1) is 11.8 Å². The third kappa shape index (κ3) is 3.14. The Morgan fingerprint density at radius 3 is 2.55 bits per heavy atom. The Labute approximate surface area is 119 Å². The van der Waals surface area contributed by atoms with Gasteiger partial charge in [-0.1, -0.05) is 12.8 Å². The molecule has 3 fully saturated rings. The van der Waals surface area contributed by atoms with Crippen molar-refractivity contribution in [2.75, 3.05) is 13.1 Å². The van der Waals surface area contributed by atoms with Crippen LogP contribution in [0.15, 0.2) is 0 Å². The molecule has 1 saturated heterocycles. The number of hydrogen-bond acceptors (Lipinski definition) is 3. The smallest absolute Gasteiger partial charge is 0.323 e. The first-order valence-corrected chi connectivity index (χ1v) is 7.90. The van der Waals surface area contributed by atoms with Crippen LogP contribution in [0.25, 0.3) is 0 Å². The van der Waals surface area contributed by atoms with E-state index in [1.165, 1.54) is 19.3 Å². The molecule has 2 N–H and O–H groups in total. The minimum atomic E-state index is -0.908. The molecule has 112 valence electrons. The summed E-state index contributed by atoms with van der Waals surface area (Å²) in [4.78, 5) is 25.1. The van der Waals surface area contributed by atoms with Gasteiger partial charge < -0.3 is 15.3 Å². The van der Waals surface area contributed by atoms with Gasteiger partial charge in [-0.25, -0.2) is 0 Å². The van der Waals surface area contributed by atoms with E-state index in [1.807, 2.05) is 0 Å². The van der Waals surface area contributed by atoms with Crippen molar-refractivity contribution in [3.8, 4) is 0 Å². The van der Waals surface area contributed by atoms with Crippen molar-refractivity contribution >= 4 is 11.9 Å². The summed E-state index contributed by atoms with van der Waals surface area (Å²) in [5.41, 5.74) is 0. The van der Waals surface area contributed by atoms with Crippen LogP contribution in [0.1, 0.15) is 44.9 Å². The van der Waals surface area contributed by atoms with E-state index in [1.54, 1.807) is 4.90 Å². The fourth-order valence-corrected chi connectivity index (χ4v) is 3.74. The zero-order valence-corrected chi connectivity index (χ0v) is 11.9. The summed E-state index contributed by atoms with van der Waals surface area (Å²) in [5, 5.41) is 12.5. The number of amides is 1. The van der Waals surface area contributed by atoms with Crippen molar-refractivity contribution in [3.05, 3.63) is 0 Å². The first-order valence-electron chi connectivity index (χ1n) is 7.90. The maximum atomic E-state index is 12.6. The molecule has 3 atom stereocenters. The lowest BCUT2D eigenvalue weighted by Gasteiger charge is -2.25. The first kappa shape index (κ1) is 13.9. The predicted octanol–water partition coefficient (Wildman–Crippen LogP) is 1.23. The highest BCUT2D eigenvalue weighted by atomic mass is 16.4. The molecule has 3 aliphatic rings. The number of hydrogen-bond donors (Lipinski definition) is 2. The third-order valence-electron chi connectivity index (χ3n) is 4.97. The predicted molar refractivity (Wildman–Crippen MR) is 74.2 cm³/mol. The highest BCUT2D eigenvalue weighted by molar-refractivity contribution is 5.85. The van der Waals surface area contributed by atoms with Gasteiger partial charge in [0.25, 0.3) is 0 Å². The lowest BCUT2D eigenvalue weighted by Crippen LogP contribution is -2.47. The zero-order valence-electron chi connectivity index (χ0n) is 11.9.